The van der Waals surface area contributed by atoms with Crippen molar-refractivity contribution in [2.75, 3.05) is 26.0 Å². The van der Waals surface area contributed by atoms with Crippen molar-refractivity contribution in [1.82, 2.24) is 14.7 Å². The molecule has 0 radical (unpaired) electrons. The van der Waals surface area contributed by atoms with Crippen LogP contribution in [0.15, 0.2) is 60.9 Å². The largest absolute Gasteiger partial charge is 0.497 e. The molecule has 10 heteroatoms. The number of nitrogens with one attached hydrogen (secondary N) is 2. The van der Waals surface area contributed by atoms with Gasteiger partial charge in [0, 0.05) is 36.9 Å². The second kappa shape index (κ2) is 10.2. The lowest BCUT2D eigenvalue weighted by molar-refractivity contribution is -0.131. The summed E-state index contributed by atoms with van der Waals surface area (Å²) in [4.78, 5) is 16.5. The molecule has 2 N–H and O–H groups in total. The first kappa shape index (κ1) is 24.9. The lowest BCUT2D eigenvalue weighted by Gasteiger charge is -2.14. The van der Waals surface area contributed by atoms with Gasteiger partial charge in [-0.05, 0) is 36.8 Å². The fourth-order valence-corrected chi connectivity index (χ4v) is 3.81. The number of anilines is 1. The number of amides is 1. The van der Waals surface area contributed by atoms with Crippen molar-refractivity contribution in [2.45, 2.75) is 19.5 Å². The molecule has 2 aromatic heterocycles. The summed E-state index contributed by atoms with van der Waals surface area (Å²) >= 11 is 0. The van der Waals surface area contributed by atoms with Gasteiger partial charge in [0.25, 0.3) is 5.91 Å². The van der Waals surface area contributed by atoms with Gasteiger partial charge in [-0.2, -0.15) is 13.2 Å². The van der Waals surface area contributed by atoms with E-state index in [0.29, 0.717) is 39.8 Å². The molecule has 2 heterocycles. The number of hydrogen-bond donors (Lipinski definition) is 2. The Hall–Kier alpha value is -4.21. The van der Waals surface area contributed by atoms with Gasteiger partial charge < -0.3 is 20.1 Å². The van der Waals surface area contributed by atoms with Crippen LogP contribution in [-0.4, -0.2) is 42.2 Å². The number of methoxy groups -OCH3 is 1. The second-order valence-corrected chi connectivity index (χ2v) is 8.11. The summed E-state index contributed by atoms with van der Waals surface area (Å²) in [6.07, 6.45) is -1.93. The van der Waals surface area contributed by atoms with Crippen LogP contribution in [0.25, 0.3) is 16.9 Å². The van der Waals surface area contributed by atoms with Crippen molar-refractivity contribution in [2.24, 2.45) is 0 Å². The van der Waals surface area contributed by atoms with Crippen molar-refractivity contribution in [1.29, 1.82) is 0 Å². The highest BCUT2D eigenvalue weighted by Crippen LogP contribution is 2.33. The number of carbonyl (C=O) groups excluding carboxylic acids is 1. The van der Waals surface area contributed by atoms with Crippen molar-refractivity contribution < 1.29 is 27.4 Å². The Kier molecular flexibility index (Phi) is 7.05. The van der Waals surface area contributed by atoms with Gasteiger partial charge in [-0.15, -0.1) is 0 Å². The molecule has 0 spiro atoms. The molecule has 2 aromatic carbocycles. The minimum Gasteiger partial charge on any atom is -0.497 e. The number of fused-ring (bicyclic) bond motifs is 1. The Bertz CT molecular complexity index is 1400. The normalized spacial score (nSPS) is 11.4. The average Bonchev–Trinajstić information content (AvgIpc) is 3.27. The van der Waals surface area contributed by atoms with Crippen LogP contribution in [0.1, 0.15) is 22.3 Å². The van der Waals surface area contributed by atoms with E-state index in [9.17, 15) is 18.0 Å². The lowest BCUT2D eigenvalue weighted by atomic mass is 10.0. The molecule has 7 nitrogen and oxygen atoms in total. The highest BCUT2D eigenvalue weighted by atomic mass is 19.4. The van der Waals surface area contributed by atoms with Gasteiger partial charge in [-0.25, -0.2) is 4.98 Å². The number of aryl methyl sites for hydroxylation is 1. The molecular weight excluding hydrogens is 473 g/mol. The maximum atomic E-state index is 12.8. The van der Waals surface area contributed by atoms with Gasteiger partial charge in [0.05, 0.1) is 37.3 Å². The van der Waals surface area contributed by atoms with E-state index in [1.807, 2.05) is 13.0 Å². The zero-order chi connectivity index (χ0) is 25.9. The third kappa shape index (κ3) is 5.54. The average molecular weight is 499 g/mol. The summed E-state index contributed by atoms with van der Waals surface area (Å²) in [5.74, 6) is 1.31. The molecule has 0 unspecified atom stereocenters. The molecule has 0 saturated heterocycles. The molecule has 188 valence electrons. The molecule has 4 aromatic rings. The molecule has 0 atom stereocenters. The standard InChI is InChI=1S/C26H25F3N4O3/c1-16-11-17(7-8-21(16)25(34)30-2)23-14-32-24-22(31-10-9-26(27,28)29)13-20(15-33(23)24)36-19-6-4-5-18(12-19)35-3/h4-8,11-15,31H,9-10H2,1-3H3,(H,30,34). The van der Waals surface area contributed by atoms with E-state index >= 15 is 0 Å². The van der Waals surface area contributed by atoms with Crippen LogP contribution in [-0.2, 0) is 0 Å². The molecule has 0 bridgehead atoms. The summed E-state index contributed by atoms with van der Waals surface area (Å²) in [6.45, 7) is 1.52. The maximum Gasteiger partial charge on any atom is 0.390 e. The van der Waals surface area contributed by atoms with Crippen molar-refractivity contribution in [3.8, 4) is 28.5 Å². The van der Waals surface area contributed by atoms with Gasteiger partial charge >= 0.3 is 6.18 Å². The molecule has 0 aliphatic carbocycles. The first-order valence-electron chi connectivity index (χ1n) is 11.2. The smallest absolute Gasteiger partial charge is 0.390 e. The Labute approximate surface area is 205 Å². The van der Waals surface area contributed by atoms with Crippen LogP contribution >= 0.6 is 0 Å². The van der Waals surface area contributed by atoms with Crippen LogP contribution in [0.3, 0.4) is 0 Å². The molecule has 0 aliphatic heterocycles. The van der Waals surface area contributed by atoms with Crippen LogP contribution < -0.4 is 20.1 Å². The van der Waals surface area contributed by atoms with Crippen LogP contribution in [0.4, 0.5) is 18.9 Å². The Morgan fingerprint density at radius 3 is 2.56 bits per heavy atom. The highest BCUT2D eigenvalue weighted by Gasteiger charge is 2.26. The molecule has 0 saturated carbocycles. The van der Waals surface area contributed by atoms with Crippen LogP contribution in [0, 0.1) is 6.92 Å². The number of halogens is 3. The van der Waals surface area contributed by atoms with E-state index in [2.05, 4.69) is 15.6 Å². The van der Waals surface area contributed by atoms with Crippen LogP contribution in [0.2, 0.25) is 0 Å². The molecule has 0 aliphatic rings. The van der Waals surface area contributed by atoms with E-state index in [4.69, 9.17) is 9.47 Å². The first-order chi connectivity index (χ1) is 17.2. The van der Waals surface area contributed by atoms with Crippen molar-refractivity contribution >= 4 is 17.2 Å². The summed E-state index contributed by atoms with van der Waals surface area (Å²) in [5.41, 5.74) is 3.63. The Morgan fingerprint density at radius 2 is 1.86 bits per heavy atom. The number of benzene rings is 2. The third-order valence-electron chi connectivity index (χ3n) is 5.58. The summed E-state index contributed by atoms with van der Waals surface area (Å²) in [5, 5.41) is 5.45. The van der Waals surface area contributed by atoms with E-state index in [0.717, 1.165) is 11.1 Å². The number of alkyl halides is 3. The highest BCUT2D eigenvalue weighted by molar-refractivity contribution is 5.96. The van der Waals surface area contributed by atoms with Gasteiger partial charge in [0.1, 0.15) is 17.2 Å². The van der Waals surface area contributed by atoms with Gasteiger partial charge in [-0.1, -0.05) is 12.1 Å². The zero-order valence-electron chi connectivity index (χ0n) is 19.9. The van der Waals surface area contributed by atoms with Crippen molar-refractivity contribution in [3.63, 3.8) is 0 Å². The number of rotatable bonds is 8. The first-order valence-corrected chi connectivity index (χ1v) is 11.2. The molecule has 0 fully saturated rings. The van der Waals surface area contributed by atoms with Crippen LogP contribution in [0.5, 0.6) is 17.2 Å². The quantitative estimate of drug-likeness (QED) is 0.320. The molecular formula is C26H25F3N4O3. The number of imidazole rings is 1. The van der Waals surface area contributed by atoms with E-state index < -0.39 is 12.6 Å². The predicted molar refractivity (Wildman–Crippen MR) is 131 cm³/mol. The lowest BCUT2D eigenvalue weighted by Crippen LogP contribution is -2.18. The van der Waals surface area contributed by atoms with E-state index in [-0.39, 0.29) is 12.5 Å². The molecule has 4 rings (SSSR count). The van der Waals surface area contributed by atoms with Gasteiger partial charge in [-0.3, -0.25) is 9.20 Å². The van der Waals surface area contributed by atoms with Crippen molar-refractivity contribution in [3.05, 3.63) is 72.1 Å². The molecule has 1 amide bonds. The Balaban J connectivity index is 1.77. The third-order valence-corrected chi connectivity index (χ3v) is 5.58. The Morgan fingerprint density at radius 1 is 1.08 bits per heavy atom. The number of aromatic nitrogens is 2. The summed E-state index contributed by atoms with van der Waals surface area (Å²) in [6, 6.07) is 14.0. The number of nitrogens with zero attached hydrogens (tertiary/aromatic N) is 2. The fourth-order valence-electron chi connectivity index (χ4n) is 3.81. The topological polar surface area (TPSA) is 76.9 Å². The number of ether oxygens (including phenoxy) is 2. The predicted octanol–water partition coefficient (Wildman–Crippen LogP) is 5.83. The monoisotopic (exact) mass is 498 g/mol. The van der Waals surface area contributed by atoms with Gasteiger partial charge in [0.2, 0.25) is 0 Å². The fraction of sp³-hybridized carbons (Fsp3) is 0.231. The molecule has 36 heavy (non-hydrogen) atoms. The number of hydrogen-bond acceptors (Lipinski definition) is 5. The minimum absolute atomic E-state index is 0.192. The summed E-state index contributed by atoms with van der Waals surface area (Å²) in [7, 11) is 3.11. The van der Waals surface area contributed by atoms with E-state index in [1.165, 1.54) is 0 Å². The van der Waals surface area contributed by atoms with Gasteiger partial charge in [0.15, 0.2) is 5.65 Å². The number of pyridine rings is 1. The SMILES string of the molecule is CNC(=O)c1ccc(-c2cnc3c(NCCC(F)(F)F)cc(Oc4cccc(OC)c4)cn23)cc1C. The summed E-state index contributed by atoms with van der Waals surface area (Å²) < 4.78 is 51.3. The second-order valence-electron chi connectivity index (χ2n) is 8.11. The number of carbonyl (C=O) groups is 1. The minimum atomic E-state index is -4.29. The van der Waals surface area contributed by atoms with E-state index in [1.54, 1.807) is 73.4 Å². The zero-order valence-corrected chi connectivity index (χ0v) is 19.9. The maximum absolute atomic E-state index is 12.8.